The number of hydrogen-bond acceptors (Lipinski definition) is 4. The Hall–Kier alpha value is -2.44. The van der Waals surface area contributed by atoms with Gasteiger partial charge in [-0.2, -0.15) is 9.83 Å². The lowest BCUT2D eigenvalue weighted by Crippen LogP contribution is -2.36. The van der Waals surface area contributed by atoms with Gasteiger partial charge < -0.3 is 10.5 Å². The molecule has 2 heterocycles. The number of hydrogen-bond donors (Lipinski definition) is 1. The van der Waals surface area contributed by atoms with Crippen molar-refractivity contribution in [1.29, 1.82) is 0 Å². The molecule has 0 saturated heterocycles. The van der Waals surface area contributed by atoms with Gasteiger partial charge in [-0.1, -0.05) is 13.8 Å². The Labute approximate surface area is 140 Å². The van der Waals surface area contributed by atoms with Gasteiger partial charge in [-0.05, 0) is 31.6 Å². The molecule has 2 aliphatic carbocycles. The van der Waals surface area contributed by atoms with E-state index in [-0.39, 0.29) is 11.9 Å². The number of nitrogens with one attached hydrogen (secondary N) is 1. The Bertz CT molecular complexity index is 813. The van der Waals surface area contributed by atoms with E-state index in [2.05, 4.69) is 29.2 Å². The quantitative estimate of drug-likeness (QED) is 0.678. The van der Waals surface area contributed by atoms with Crippen LogP contribution in [0.25, 0.3) is 5.82 Å². The summed E-state index contributed by atoms with van der Waals surface area (Å²) in [5.74, 6) is 1.73. The molecule has 2 aliphatic rings. The largest absolute Gasteiger partial charge is 0.619 e. The van der Waals surface area contributed by atoms with Crippen molar-refractivity contribution in [3.63, 3.8) is 0 Å². The third-order valence-corrected chi connectivity index (χ3v) is 5.22. The summed E-state index contributed by atoms with van der Waals surface area (Å²) < 4.78 is 2.40. The Morgan fingerprint density at radius 3 is 2.96 bits per heavy atom. The molecule has 7 heteroatoms. The van der Waals surface area contributed by atoms with Gasteiger partial charge in [-0.25, -0.2) is 9.67 Å². The second kappa shape index (κ2) is 5.29. The number of carbonyl (C=O) groups excluding carboxylic acids is 1. The van der Waals surface area contributed by atoms with Crippen molar-refractivity contribution in [2.45, 2.75) is 45.6 Å². The zero-order valence-electron chi connectivity index (χ0n) is 14.1. The number of carbonyl (C=O) groups is 1. The minimum atomic E-state index is -0.140. The van der Waals surface area contributed by atoms with Crippen LogP contribution in [0.1, 0.15) is 54.9 Å². The minimum absolute atomic E-state index is 0.0767. The lowest BCUT2D eigenvalue weighted by Gasteiger charge is -2.16. The highest BCUT2D eigenvalue weighted by atomic mass is 16.5. The van der Waals surface area contributed by atoms with E-state index in [0.717, 1.165) is 24.1 Å². The zero-order valence-corrected chi connectivity index (χ0v) is 14.1. The molecule has 0 bridgehead atoms. The van der Waals surface area contributed by atoms with E-state index in [1.807, 2.05) is 6.92 Å². The fourth-order valence-electron chi connectivity index (χ4n) is 3.39. The molecule has 0 aromatic carbocycles. The molecule has 1 amide bonds. The molecular weight excluding hydrogens is 306 g/mol. The number of aromatic nitrogens is 4. The highest BCUT2D eigenvalue weighted by molar-refractivity contribution is 5.94. The van der Waals surface area contributed by atoms with E-state index in [0.29, 0.717) is 34.0 Å². The molecule has 126 valence electrons. The Balaban J connectivity index is 1.74. The standard InChI is InChI=1S/C17H21N5O2/c1-9(2)10(3)19-17(23)15-13-7-11-6-12(11)16(13)22(20-15)14-8-21(24)5-4-18-14/h4-5,8-12H,6-7H2,1-3H3,(H,19,23)/t10?,11-,12-/m0/s1. The first-order chi connectivity index (χ1) is 11.5. The third-order valence-electron chi connectivity index (χ3n) is 5.22. The summed E-state index contributed by atoms with van der Waals surface area (Å²) in [7, 11) is 0. The molecule has 24 heavy (non-hydrogen) atoms. The predicted molar refractivity (Wildman–Crippen MR) is 86.6 cm³/mol. The monoisotopic (exact) mass is 327 g/mol. The normalized spacial score (nSPS) is 22.2. The summed E-state index contributed by atoms with van der Waals surface area (Å²) in [5.41, 5.74) is 2.56. The van der Waals surface area contributed by atoms with Gasteiger partial charge >= 0.3 is 0 Å². The van der Waals surface area contributed by atoms with Crippen molar-refractivity contribution in [3.8, 4) is 5.82 Å². The van der Waals surface area contributed by atoms with E-state index in [1.54, 1.807) is 4.68 Å². The number of fused-ring (bicyclic) bond motifs is 3. The summed E-state index contributed by atoms with van der Waals surface area (Å²) in [6.45, 7) is 6.14. The maximum absolute atomic E-state index is 12.7. The third kappa shape index (κ3) is 2.35. The molecule has 1 N–H and O–H groups in total. The van der Waals surface area contributed by atoms with E-state index >= 15 is 0 Å². The van der Waals surface area contributed by atoms with Crippen LogP contribution in [0, 0.1) is 17.0 Å². The van der Waals surface area contributed by atoms with Crippen LogP contribution in [0.15, 0.2) is 18.6 Å². The molecule has 7 nitrogen and oxygen atoms in total. The summed E-state index contributed by atoms with van der Waals surface area (Å²) in [5, 5.41) is 19.1. The molecule has 3 atom stereocenters. The molecule has 0 radical (unpaired) electrons. The maximum atomic E-state index is 12.7. The van der Waals surface area contributed by atoms with Crippen LogP contribution in [0.4, 0.5) is 0 Å². The average Bonchev–Trinajstić information content (AvgIpc) is 3.03. The van der Waals surface area contributed by atoms with Crippen molar-refractivity contribution < 1.29 is 9.52 Å². The van der Waals surface area contributed by atoms with Crippen LogP contribution < -0.4 is 10.0 Å². The topological polar surface area (TPSA) is 86.8 Å². The van der Waals surface area contributed by atoms with E-state index < -0.39 is 0 Å². The SMILES string of the molecule is CC(C)C(C)NC(=O)c1nn(-c2c[n+]([O-])ccn2)c2c1C[C@@H]1C[C@H]21. The van der Waals surface area contributed by atoms with Crippen LogP contribution in [0.2, 0.25) is 0 Å². The van der Waals surface area contributed by atoms with Crippen molar-refractivity contribution in [2.24, 2.45) is 11.8 Å². The highest BCUT2D eigenvalue weighted by Crippen LogP contribution is 2.57. The van der Waals surface area contributed by atoms with E-state index in [1.165, 1.54) is 18.6 Å². The molecule has 1 unspecified atom stereocenters. The Morgan fingerprint density at radius 2 is 2.25 bits per heavy atom. The van der Waals surface area contributed by atoms with Gasteiger partial charge in [0.2, 0.25) is 12.0 Å². The Morgan fingerprint density at radius 1 is 1.46 bits per heavy atom. The number of rotatable bonds is 4. The molecule has 0 aliphatic heterocycles. The van der Waals surface area contributed by atoms with Crippen molar-refractivity contribution >= 4 is 5.91 Å². The average molecular weight is 327 g/mol. The summed E-state index contributed by atoms with van der Waals surface area (Å²) >= 11 is 0. The van der Waals surface area contributed by atoms with Gasteiger partial charge in [0.1, 0.15) is 0 Å². The van der Waals surface area contributed by atoms with Gasteiger partial charge in [-0.15, -0.1) is 0 Å². The maximum Gasteiger partial charge on any atom is 0.272 e. The van der Waals surface area contributed by atoms with Gasteiger partial charge in [0, 0.05) is 17.5 Å². The molecule has 2 aromatic heterocycles. The molecule has 1 fully saturated rings. The van der Waals surface area contributed by atoms with Gasteiger partial charge in [0.25, 0.3) is 5.91 Å². The molecule has 2 aromatic rings. The molecule has 1 saturated carbocycles. The van der Waals surface area contributed by atoms with Gasteiger partial charge in [0.05, 0.1) is 11.9 Å². The first-order valence-corrected chi connectivity index (χ1v) is 8.43. The number of nitrogens with zero attached hydrogens (tertiary/aromatic N) is 4. The second-order valence-corrected chi connectivity index (χ2v) is 7.21. The van der Waals surface area contributed by atoms with Crippen LogP contribution in [0.5, 0.6) is 0 Å². The Kier molecular flexibility index (Phi) is 3.33. The summed E-state index contributed by atoms with van der Waals surface area (Å²) in [6, 6.07) is 0.0767. The smallest absolute Gasteiger partial charge is 0.272 e. The van der Waals surface area contributed by atoms with Crippen molar-refractivity contribution in [1.82, 2.24) is 20.1 Å². The highest BCUT2D eigenvalue weighted by Gasteiger charge is 2.50. The second-order valence-electron chi connectivity index (χ2n) is 7.21. The molecule has 4 rings (SSSR count). The van der Waals surface area contributed by atoms with Gasteiger partial charge in [0.15, 0.2) is 11.9 Å². The van der Waals surface area contributed by atoms with Crippen LogP contribution in [-0.2, 0) is 6.42 Å². The summed E-state index contributed by atoms with van der Waals surface area (Å²) in [6.07, 6.45) is 6.21. The summed E-state index contributed by atoms with van der Waals surface area (Å²) in [4.78, 5) is 16.9. The first kappa shape index (κ1) is 15.1. The van der Waals surface area contributed by atoms with Gasteiger partial charge in [-0.3, -0.25) is 4.79 Å². The van der Waals surface area contributed by atoms with E-state index in [4.69, 9.17) is 0 Å². The van der Waals surface area contributed by atoms with Crippen LogP contribution in [0.3, 0.4) is 0 Å². The lowest BCUT2D eigenvalue weighted by molar-refractivity contribution is -0.605. The van der Waals surface area contributed by atoms with E-state index in [9.17, 15) is 10.0 Å². The zero-order chi connectivity index (χ0) is 17.0. The van der Waals surface area contributed by atoms with Crippen molar-refractivity contribution in [3.05, 3.63) is 40.7 Å². The lowest BCUT2D eigenvalue weighted by atomic mass is 10.1. The fourth-order valence-corrected chi connectivity index (χ4v) is 3.39. The fraction of sp³-hybridized carbons (Fsp3) is 0.529. The van der Waals surface area contributed by atoms with Crippen LogP contribution >= 0.6 is 0 Å². The van der Waals surface area contributed by atoms with Crippen molar-refractivity contribution in [2.75, 3.05) is 0 Å². The number of amides is 1. The van der Waals surface area contributed by atoms with Crippen LogP contribution in [-0.4, -0.2) is 26.7 Å². The minimum Gasteiger partial charge on any atom is -0.619 e. The molecular formula is C17H21N5O2. The predicted octanol–water partition coefficient (Wildman–Crippen LogP) is 1.33. The first-order valence-electron chi connectivity index (χ1n) is 8.43. The molecule has 0 spiro atoms.